The van der Waals surface area contributed by atoms with Crippen LogP contribution in [0.15, 0.2) is 23.5 Å². The number of nitrogens with one attached hydrogen (secondary N) is 2. The molecule has 0 saturated heterocycles. The summed E-state index contributed by atoms with van der Waals surface area (Å²) in [6, 6.07) is 2.44. The zero-order valence-corrected chi connectivity index (χ0v) is 15.9. The quantitative estimate of drug-likeness (QED) is 0.610. The van der Waals surface area contributed by atoms with Gasteiger partial charge >= 0.3 is 0 Å². The Labute approximate surface area is 148 Å². The van der Waals surface area contributed by atoms with E-state index in [-0.39, 0.29) is 0 Å². The van der Waals surface area contributed by atoms with Crippen molar-refractivity contribution in [3.05, 3.63) is 29.6 Å². The maximum atomic E-state index is 12.1. The molecule has 1 fully saturated rings. The molecule has 24 heavy (non-hydrogen) atoms. The molecule has 1 heterocycles. The van der Waals surface area contributed by atoms with E-state index in [1.807, 2.05) is 19.3 Å². The van der Waals surface area contributed by atoms with Gasteiger partial charge in [0.25, 0.3) is 0 Å². The summed E-state index contributed by atoms with van der Waals surface area (Å²) >= 11 is 0. The van der Waals surface area contributed by atoms with E-state index < -0.39 is 10.8 Å². The smallest absolute Gasteiger partial charge is 0.191 e. The fourth-order valence-corrected chi connectivity index (χ4v) is 4.58. The van der Waals surface area contributed by atoms with Crippen molar-refractivity contribution in [3.8, 4) is 0 Å². The number of guanidine groups is 1. The first-order valence-corrected chi connectivity index (χ1v) is 10.3. The second-order valence-corrected chi connectivity index (χ2v) is 8.36. The lowest BCUT2D eigenvalue weighted by molar-refractivity contribution is 0.413. The average Bonchev–Trinajstić information content (AvgIpc) is 2.62. The Morgan fingerprint density at radius 1 is 1.46 bits per heavy atom. The summed E-state index contributed by atoms with van der Waals surface area (Å²) in [6.07, 6.45) is 9.02. The van der Waals surface area contributed by atoms with Gasteiger partial charge in [-0.1, -0.05) is 13.3 Å². The Balaban J connectivity index is 1.80. The van der Waals surface area contributed by atoms with Gasteiger partial charge in [-0.3, -0.25) is 14.2 Å². The molecular weight excluding hydrogens is 320 g/mol. The highest BCUT2D eigenvalue weighted by atomic mass is 32.2. The van der Waals surface area contributed by atoms with Gasteiger partial charge in [0.1, 0.15) is 0 Å². The first-order valence-electron chi connectivity index (χ1n) is 8.87. The van der Waals surface area contributed by atoms with Crippen molar-refractivity contribution in [2.75, 3.05) is 19.3 Å². The van der Waals surface area contributed by atoms with Gasteiger partial charge in [-0.2, -0.15) is 0 Å². The summed E-state index contributed by atoms with van der Waals surface area (Å²) in [5, 5.41) is 7.23. The fourth-order valence-electron chi connectivity index (χ4n) is 3.24. The highest BCUT2D eigenvalue weighted by molar-refractivity contribution is 7.85. The van der Waals surface area contributed by atoms with Crippen molar-refractivity contribution < 1.29 is 4.21 Å². The molecule has 0 amide bonds. The van der Waals surface area contributed by atoms with E-state index in [4.69, 9.17) is 0 Å². The van der Waals surface area contributed by atoms with Gasteiger partial charge in [0.2, 0.25) is 0 Å². The molecule has 1 aromatic rings. The molecule has 1 aromatic heterocycles. The summed E-state index contributed by atoms with van der Waals surface area (Å²) in [7, 11) is 1.11. The predicted molar refractivity (Wildman–Crippen MR) is 102 cm³/mol. The molecule has 3 unspecified atom stereocenters. The molecule has 134 valence electrons. The van der Waals surface area contributed by atoms with Crippen LogP contribution in [0.3, 0.4) is 0 Å². The van der Waals surface area contributed by atoms with Gasteiger partial charge in [-0.05, 0) is 49.8 Å². The number of hydrogen-bond acceptors (Lipinski definition) is 3. The lowest BCUT2D eigenvalue weighted by Crippen LogP contribution is -2.47. The van der Waals surface area contributed by atoms with Crippen LogP contribution in [0, 0.1) is 6.92 Å². The molecule has 0 radical (unpaired) electrons. The van der Waals surface area contributed by atoms with E-state index >= 15 is 0 Å². The molecule has 0 aliphatic heterocycles. The molecule has 6 heteroatoms. The van der Waals surface area contributed by atoms with Gasteiger partial charge in [0, 0.05) is 53.8 Å². The molecule has 2 rings (SSSR count). The highest BCUT2D eigenvalue weighted by Crippen LogP contribution is 2.22. The van der Waals surface area contributed by atoms with Crippen LogP contribution < -0.4 is 10.6 Å². The molecule has 3 atom stereocenters. The van der Waals surface area contributed by atoms with Crippen LogP contribution in [0.1, 0.15) is 43.7 Å². The Bertz CT molecular complexity index is 576. The van der Waals surface area contributed by atoms with Crippen LogP contribution in [0.2, 0.25) is 0 Å². The molecule has 1 saturated carbocycles. The minimum Gasteiger partial charge on any atom is -0.356 e. The van der Waals surface area contributed by atoms with E-state index in [0.29, 0.717) is 11.3 Å². The second-order valence-electron chi connectivity index (χ2n) is 6.35. The number of aromatic nitrogens is 1. The Morgan fingerprint density at radius 3 is 3.00 bits per heavy atom. The van der Waals surface area contributed by atoms with Crippen LogP contribution >= 0.6 is 0 Å². The maximum absolute atomic E-state index is 12.1. The summed E-state index contributed by atoms with van der Waals surface area (Å²) in [4.78, 5) is 8.46. The zero-order valence-electron chi connectivity index (χ0n) is 15.0. The fraction of sp³-hybridized carbons (Fsp3) is 0.667. The summed E-state index contributed by atoms with van der Waals surface area (Å²) in [6.45, 7) is 4.93. The Hall–Kier alpha value is -1.43. The third-order valence-corrected chi connectivity index (χ3v) is 6.41. The number of aliphatic imine (C=N–C) groups is 1. The molecule has 0 spiro atoms. The third-order valence-electron chi connectivity index (χ3n) is 4.67. The van der Waals surface area contributed by atoms with Crippen molar-refractivity contribution in [2.24, 2.45) is 4.99 Å². The lowest BCUT2D eigenvalue weighted by atomic mass is 9.95. The highest BCUT2D eigenvalue weighted by Gasteiger charge is 2.25. The predicted octanol–water partition coefficient (Wildman–Crippen LogP) is 2.18. The largest absolute Gasteiger partial charge is 0.356 e. The van der Waals surface area contributed by atoms with Crippen molar-refractivity contribution in [1.29, 1.82) is 0 Å². The van der Waals surface area contributed by atoms with Gasteiger partial charge < -0.3 is 10.6 Å². The second kappa shape index (κ2) is 9.77. The first-order chi connectivity index (χ1) is 11.6. The van der Waals surface area contributed by atoms with Gasteiger partial charge in [0.05, 0.1) is 0 Å². The van der Waals surface area contributed by atoms with Gasteiger partial charge in [0.15, 0.2) is 5.96 Å². The minimum absolute atomic E-state index is 0.332. The van der Waals surface area contributed by atoms with E-state index in [0.717, 1.165) is 50.4 Å². The lowest BCUT2D eigenvalue weighted by Gasteiger charge is -2.30. The summed E-state index contributed by atoms with van der Waals surface area (Å²) in [5.74, 6) is 1.60. The first kappa shape index (κ1) is 18.9. The Morgan fingerprint density at radius 2 is 2.29 bits per heavy atom. The topological polar surface area (TPSA) is 66.4 Å². The summed E-state index contributed by atoms with van der Waals surface area (Å²) in [5.41, 5.74) is 2.53. The molecule has 0 bridgehead atoms. The van der Waals surface area contributed by atoms with Crippen LogP contribution in [0.5, 0.6) is 0 Å². The van der Waals surface area contributed by atoms with Crippen LogP contribution in [-0.4, -0.2) is 45.8 Å². The van der Waals surface area contributed by atoms with Crippen molar-refractivity contribution in [3.63, 3.8) is 0 Å². The summed E-state index contributed by atoms with van der Waals surface area (Å²) < 4.78 is 12.1. The zero-order chi connectivity index (χ0) is 17.4. The molecule has 2 N–H and O–H groups in total. The van der Waals surface area contributed by atoms with Gasteiger partial charge in [-0.25, -0.2) is 0 Å². The monoisotopic (exact) mass is 350 g/mol. The van der Waals surface area contributed by atoms with Crippen LogP contribution in [-0.2, 0) is 17.2 Å². The maximum Gasteiger partial charge on any atom is 0.191 e. The molecule has 5 nitrogen and oxygen atoms in total. The molecule has 0 aromatic carbocycles. The molecule has 1 aliphatic rings. The number of rotatable bonds is 6. The van der Waals surface area contributed by atoms with Crippen molar-refractivity contribution in [2.45, 2.75) is 57.2 Å². The van der Waals surface area contributed by atoms with E-state index in [2.05, 4.69) is 33.6 Å². The SMILES string of the molecule is CCS(=O)C1CCCC(NC(=NC)NCCc2ccncc2C)C1. The normalized spacial score (nSPS) is 22.9. The average molecular weight is 351 g/mol. The number of hydrogen-bond donors (Lipinski definition) is 2. The Kier molecular flexibility index (Phi) is 7.69. The number of aryl methyl sites for hydroxylation is 1. The molecule has 1 aliphatic carbocycles. The van der Waals surface area contributed by atoms with Crippen LogP contribution in [0.25, 0.3) is 0 Å². The number of nitrogens with zero attached hydrogens (tertiary/aromatic N) is 2. The third kappa shape index (κ3) is 5.58. The van der Waals surface area contributed by atoms with Crippen LogP contribution in [0.4, 0.5) is 0 Å². The van der Waals surface area contributed by atoms with Crippen molar-refractivity contribution >= 4 is 16.8 Å². The standard InChI is InChI=1S/C18H30N4OS/c1-4-24(23)17-7-5-6-16(12-17)22-18(19-3)21-11-9-15-8-10-20-13-14(15)2/h8,10,13,16-17H,4-7,9,11-12H2,1-3H3,(H2,19,21,22). The minimum atomic E-state index is -0.690. The van der Waals surface area contributed by atoms with E-state index in [1.165, 1.54) is 11.1 Å². The van der Waals surface area contributed by atoms with E-state index in [9.17, 15) is 4.21 Å². The molecular formula is C18H30N4OS. The van der Waals surface area contributed by atoms with Gasteiger partial charge in [-0.15, -0.1) is 0 Å². The van der Waals surface area contributed by atoms with E-state index in [1.54, 1.807) is 7.05 Å². The van der Waals surface area contributed by atoms with Crippen molar-refractivity contribution in [1.82, 2.24) is 15.6 Å². The number of pyridine rings is 1.